The van der Waals surface area contributed by atoms with Gasteiger partial charge in [-0.25, -0.2) is 23.4 Å². The van der Waals surface area contributed by atoms with Crippen LogP contribution < -0.4 is 14.2 Å². The zero-order chi connectivity index (χ0) is 28.4. The van der Waals surface area contributed by atoms with Crippen LogP contribution in [0.2, 0.25) is 5.02 Å². The van der Waals surface area contributed by atoms with E-state index in [1.807, 2.05) is 6.07 Å². The summed E-state index contributed by atoms with van der Waals surface area (Å²) in [5, 5.41) is 8.52. The molecule has 0 unspecified atom stereocenters. The maximum absolute atomic E-state index is 13.7. The number of sulfonamides is 1. The highest BCUT2D eigenvalue weighted by atomic mass is 35.5. The zero-order valence-corrected chi connectivity index (χ0v) is 23.4. The Kier molecular flexibility index (Phi) is 7.56. The summed E-state index contributed by atoms with van der Waals surface area (Å²) in [7, 11) is 0.210. The molecule has 0 spiro atoms. The summed E-state index contributed by atoms with van der Waals surface area (Å²) in [6.07, 6.45) is 5.12. The van der Waals surface area contributed by atoms with Crippen molar-refractivity contribution in [3.8, 4) is 28.6 Å². The number of aromatic nitrogens is 7. The van der Waals surface area contributed by atoms with Crippen LogP contribution in [0.5, 0.6) is 11.5 Å². The molecule has 2 atom stereocenters. The van der Waals surface area contributed by atoms with Gasteiger partial charge in [-0.3, -0.25) is 9.29 Å². The number of hydrogen-bond acceptors (Lipinski definition) is 10. The van der Waals surface area contributed by atoms with Crippen molar-refractivity contribution in [2.75, 3.05) is 26.1 Å². The van der Waals surface area contributed by atoms with Crippen LogP contribution in [-0.4, -0.2) is 69.7 Å². The minimum atomic E-state index is -4.16. The van der Waals surface area contributed by atoms with Crippen molar-refractivity contribution in [1.29, 1.82) is 0 Å². The fraction of sp³-hybridized carbons (Fsp3) is 0.240. The molecule has 40 heavy (non-hydrogen) atoms. The molecule has 15 heteroatoms. The first-order valence-electron chi connectivity index (χ1n) is 11.9. The lowest BCUT2D eigenvalue weighted by Gasteiger charge is -2.22. The minimum Gasteiger partial charge on any atom is -0.494 e. The van der Waals surface area contributed by atoms with E-state index >= 15 is 0 Å². The Morgan fingerprint density at radius 3 is 2.35 bits per heavy atom. The molecule has 4 aromatic heterocycles. The molecule has 5 rings (SSSR count). The molecule has 0 fully saturated rings. The van der Waals surface area contributed by atoms with Gasteiger partial charge in [0.15, 0.2) is 11.6 Å². The fourth-order valence-corrected chi connectivity index (χ4v) is 5.52. The lowest BCUT2D eigenvalue weighted by atomic mass is 10.2. The number of para-hydroxylation sites is 1. The number of ether oxygens (including phenoxy) is 3. The third-order valence-electron chi connectivity index (χ3n) is 6.28. The second kappa shape index (κ2) is 11.1. The second-order valence-electron chi connectivity index (χ2n) is 8.56. The van der Waals surface area contributed by atoms with Crippen molar-refractivity contribution in [3.05, 3.63) is 66.0 Å². The third kappa shape index (κ3) is 4.92. The number of nitrogens with zero attached hydrogens (tertiary/aromatic N) is 6. The number of H-pyrrole nitrogens is 1. The number of benzene rings is 1. The molecule has 5 aromatic rings. The molecule has 1 aromatic carbocycles. The van der Waals surface area contributed by atoms with Gasteiger partial charge < -0.3 is 19.2 Å². The minimum absolute atomic E-state index is 0.102. The van der Waals surface area contributed by atoms with Crippen LogP contribution in [0.15, 0.2) is 55.1 Å². The van der Waals surface area contributed by atoms with Crippen molar-refractivity contribution < 1.29 is 22.6 Å². The highest BCUT2D eigenvalue weighted by Gasteiger charge is 2.35. The molecule has 0 aliphatic rings. The first-order chi connectivity index (χ1) is 19.3. The SMILES string of the molecule is COc1cccc(OC)c1-n1c(NS(=O)(=O)[C@@H](C)[C@H](OC)c2ncc(Cl)cn2)nnc1-c1c[nH]c2ncccc12. The summed E-state index contributed by atoms with van der Waals surface area (Å²) in [6.45, 7) is 1.48. The molecule has 0 saturated carbocycles. The smallest absolute Gasteiger partial charge is 0.243 e. The summed E-state index contributed by atoms with van der Waals surface area (Å²) in [5.74, 6) is 1.17. The predicted molar refractivity (Wildman–Crippen MR) is 148 cm³/mol. The van der Waals surface area contributed by atoms with Crippen LogP contribution >= 0.6 is 11.6 Å². The highest BCUT2D eigenvalue weighted by Crippen LogP contribution is 2.39. The maximum atomic E-state index is 13.7. The van der Waals surface area contributed by atoms with Gasteiger partial charge in [0.1, 0.15) is 34.2 Å². The van der Waals surface area contributed by atoms with Gasteiger partial charge in [0.2, 0.25) is 16.0 Å². The molecule has 0 aliphatic carbocycles. The Balaban J connectivity index is 1.65. The number of rotatable bonds is 10. The lowest BCUT2D eigenvalue weighted by molar-refractivity contribution is 0.0950. The molecular weight excluding hydrogens is 560 g/mol. The molecular formula is C25H25ClN8O5S. The number of nitrogens with one attached hydrogen (secondary N) is 2. The van der Waals surface area contributed by atoms with E-state index in [-0.39, 0.29) is 11.8 Å². The van der Waals surface area contributed by atoms with Gasteiger partial charge in [0, 0.05) is 42.8 Å². The summed E-state index contributed by atoms with van der Waals surface area (Å²) in [4.78, 5) is 15.7. The number of methoxy groups -OCH3 is 3. The first kappa shape index (κ1) is 27.3. The van der Waals surface area contributed by atoms with Gasteiger partial charge in [-0.2, -0.15) is 0 Å². The normalized spacial score (nSPS) is 13.2. The molecule has 0 aliphatic heterocycles. The van der Waals surface area contributed by atoms with E-state index in [0.29, 0.717) is 39.2 Å². The molecule has 4 heterocycles. The number of hydrogen-bond donors (Lipinski definition) is 2. The van der Waals surface area contributed by atoms with Crippen LogP contribution in [0, 0.1) is 0 Å². The van der Waals surface area contributed by atoms with Gasteiger partial charge in [-0.1, -0.05) is 17.7 Å². The van der Waals surface area contributed by atoms with Crippen LogP contribution in [-0.2, 0) is 14.8 Å². The quantitative estimate of drug-likeness (QED) is 0.247. The van der Waals surface area contributed by atoms with E-state index in [1.165, 1.54) is 45.2 Å². The van der Waals surface area contributed by atoms with E-state index in [1.54, 1.807) is 36.7 Å². The van der Waals surface area contributed by atoms with Crippen LogP contribution in [0.4, 0.5) is 5.95 Å². The fourth-order valence-electron chi connectivity index (χ4n) is 4.29. The van der Waals surface area contributed by atoms with Gasteiger partial charge in [0.05, 0.1) is 19.2 Å². The summed E-state index contributed by atoms with van der Waals surface area (Å²) in [6, 6.07) is 8.85. The molecule has 208 valence electrons. The Labute approximate surface area is 234 Å². The topological polar surface area (TPSA) is 159 Å². The van der Waals surface area contributed by atoms with Gasteiger partial charge >= 0.3 is 0 Å². The van der Waals surface area contributed by atoms with E-state index in [9.17, 15) is 8.42 Å². The summed E-state index contributed by atoms with van der Waals surface area (Å²) < 4.78 is 48.3. The average molecular weight is 585 g/mol. The summed E-state index contributed by atoms with van der Waals surface area (Å²) >= 11 is 5.90. The number of fused-ring (bicyclic) bond motifs is 1. The number of anilines is 1. The van der Waals surface area contributed by atoms with Crippen molar-refractivity contribution in [2.45, 2.75) is 18.3 Å². The highest BCUT2D eigenvalue weighted by molar-refractivity contribution is 7.93. The van der Waals surface area contributed by atoms with Gasteiger partial charge in [0.25, 0.3) is 0 Å². The standard InChI is InChI=1S/C25H25ClN8O5S/c1-14(21(39-4)23-28-11-15(26)12-29-23)40(35,36)33-25-32-31-24(17-13-30-22-16(17)7-6-10-27-22)34(25)20-18(37-2)8-5-9-19(20)38-3/h5-14,21H,1-4H3,(H,27,30)(H,32,33)/t14-,21-/m0/s1. The average Bonchev–Trinajstić information content (AvgIpc) is 3.57. The molecule has 2 N–H and O–H groups in total. The van der Waals surface area contributed by atoms with Crippen LogP contribution in [0.25, 0.3) is 28.1 Å². The van der Waals surface area contributed by atoms with Crippen LogP contribution in [0.3, 0.4) is 0 Å². The zero-order valence-electron chi connectivity index (χ0n) is 21.9. The molecule has 0 radical (unpaired) electrons. The molecule has 0 amide bonds. The third-order valence-corrected chi connectivity index (χ3v) is 8.17. The number of halogens is 1. The molecule has 13 nitrogen and oxygen atoms in total. The monoisotopic (exact) mass is 584 g/mol. The molecule has 0 bridgehead atoms. The van der Waals surface area contributed by atoms with E-state index in [4.69, 9.17) is 25.8 Å². The van der Waals surface area contributed by atoms with Gasteiger partial charge in [-0.05, 0) is 31.2 Å². The Hall–Kier alpha value is -4.27. The second-order valence-corrected chi connectivity index (χ2v) is 11.0. The van der Waals surface area contributed by atoms with E-state index in [0.717, 1.165) is 5.39 Å². The number of pyridine rings is 1. The molecule has 0 saturated heterocycles. The van der Waals surface area contributed by atoms with E-state index < -0.39 is 21.4 Å². The van der Waals surface area contributed by atoms with Crippen molar-refractivity contribution in [2.24, 2.45) is 0 Å². The Morgan fingerprint density at radius 2 is 1.70 bits per heavy atom. The number of aromatic amines is 1. The van der Waals surface area contributed by atoms with Crippen molar-refractivity contribution in [3.63, 3.8) is 0 Å². The lowest BCUT2D eigenvalue weighted by Crippen LogP contribution is -2.33. The Morgan fingerprint density at radius 1 is 1.00 bits per heavy atom. The van der Waals surface area contributed by atoms with Crippen molar-refractivity contribution >= 4 is 38.6 Å². The largest absolute Gasteiger partial charge is 0.494 e. The first-order valence-corrected chi connectivity index (χ1v) is 13.8. The van der Waals surface area contributed by atoms with E-state index in [2.05, 4.69) is 34.9 Å². The van der Waals surface area contributed by atoms with Gasteiger partial charge in [-0.15, -0.1) is 10.2 Å². The Bertz CT molecular complexity index is 1730. The maximum Gasteiger partial charge on any atom is 0.243 e. The predicted octanol–water partition coefficient (Wildman–Crippen LogP) is 3.79. The van der Waals surface area contributed by atoms with Crippen LogP contribution in [0.1, 0.15) is 18.9 Å². The van der Waals surface area contributed by atoms with Crippen molar-refractivity contribution in [1.82, 2.24) is 34.7 Å². The summed E-state index contributed by atoms with van der Waals surface area (Å²) in [5.41, 5.74) is 1.65.